The second kappa shape index (κ2) is 8.34. The van der Waals surface area contributed by atoms with Gasteiger partial charge in [-0.1, -0.05) is 50.4 Å². The average Bonchev–Trinajstić information content (AvgIpc) is 2.81. The Morgan fingerprint density at radius 3 is 2.53 bits per heavy atom. The van der Waals surface area contributed by atoms with Crippen LogP contribution >= 0.6 is 11.5 Å². The molecule has 0 saturated heterocycles. The first kappa shape index (κ1) is 14.3. The maximum atomic E-state index is 11.9. The molecule has 0 fully saturated rings. The van der Waals surface area contributed by atoms with Gasteiger partial charge in [-0.15, -0.1) is 5.10 Å². The van der Waals surface area contributed by atoms with Gasteiger partial charge in [-0.05, 0) is 24.4 Å². The number of unbranched alkanes of at least 4 members (excludes halogenated alkanes) is 5. The third-order valence-electron chi connectivity index (χ3n) is 2.90. The maximum Gasteiger partial charge on any atom is 0.176 e. The zero-order valence-electron chi connectivity index (χ0n) is 10.9. The summed E-state index contributed by atoms with van der Waals surface area (Å²) in [5.41, 5.74) is 0.867. The van der Waals surface area contributed by atoms with Gasteiger partial charge in [0.25, 0.3) is 0 Å². The molecule has 0 aliphatic heterocycles. The van der Waals surface area contributed by atoms with Gasteiger partial charge >= 0.3 is 0 Å². The van der Waals surface area contributed by atoms with Crippen LogP contribution in [0.3, 0.4) is 0 Å². The molecule has 0 aliphatic carbocycles. The number of aryl methyl sites for hydroxylation is 1. The highest BCUT2D eigenvalue weighted by Crippen LogP contribution is 2.16. The number of rotatable bonds is 9. The highest BCUT2D eigenvalue weighted by molar-refractivity contribution is 7.08. The van der Waals surface area contributed by atoms with Gasteiger partial charge in [0.15, 0.2) is 5.78 Å². The predicted octanol–water partition coefficient (Wildman–Crippen LogP) is 4.03. The van der Waals surface area contributed by atoms with Gasteiger partial charge in [0.05, 0.1) is 5.69 Å². The predicted molar refractivity (Wildman–Crippen MR) is 71.6 cm³/mol. The van der Waals surface area contributed by atoms with E-state index in [-0.39, 0.29) is 5.78 Å². The molecule has 17 heavy (non-hydrogen) atoms. The zero-order chi connectivity index (χ0) is 12.5. The normalized spacial score (nSPS) is 10.7. The Morgan fingerprint density at radius 1 is 1.12 bits per heavy atom. The van der Waals surface area contributed by atoms with E-state index >= 15 is 0 Å². The standard InChI is InChI=1S/C13H22N2OS/c1-3-5-6-7-8-9-10-12(16)13-11(4-2)14-15-17-13/h3-10H2,1-2H3. The van der Waals surface area contributed by atoms with E-state index in [1.807, 2.05) is 6.92 Å². The number of carbonyl (C=O) groups excluding carboxylic acids is 1. The van der Waals surface area contributed by atoms with E-state index in [0.717, 1.165) is 23.4 Å². The quantitative estimate of drug-likeness (QED) is 0.493. The molecular formula is C13H22N2OS. The molecule has 0 aromatic carbocycles. The fourth-order valence-electron chi connectivity index (χ4n) is 1.83. The molecule has 0 amide bonds. The van der Waals surface area contributed by atoms with Crippen molar-refractivity contribution in [1.82, 2.24) is 9.59 Å². The summed E-state index contributed by atoms with van der Waals surface area (Å²) < 4.78 is 3.85. The second-order valence-corrected chi connectivity index (χ2v) is 5.10. The fourth-order valence-corrected chi connectivity index (χ4v) is 2.55. The number of hydrogen-bond donors (Lipinski definition) is 0. The number of aromatic nitrogens is 2. The number of nitrogens with zero attached hydrogens (tertiary/aromatic N) is 2. The Kier molecular flexibility index (Phi) is 7.01. The average molecular weight is 254 g/mol. The largest absolute Gasteiger partial charge is 0.293 e. The highest BCUT2D eigenvalue weighted by atomic mass is 32.1. The minimum Gasteiger partial charge on any atom is -0.293 e. The van der Waals surface area contributed by atoms with Crippen LogP contribution in [0, 0.1) is 0 Å². The van der Waals surface area contributed by atoms with Crippen LogP contribution in [0.2, 0.25) is 0 Å². The third kappa shape index (κ3) is 4.94. The summed E-state index contributed by atoms with van der Waals surface area (Å²) in [6, 6.07) is 0. The van der Waals surface area contributed by atoms with Gasteiger partial charge in [0.1, 0.15) is 4.88 Å². The lowest BCUT2D eigenvalue weighted by atomic mass is 10.1. The lowest BCUT2D eigenvalue weighted by Gasteiger charge is -2.00. The van der Waals surface area contributed by atoms with E-state index in [1.165, 1.54) is 43.6 Å². The van der Waals surface area contributed by atoms with E-state index in [0.29, 0.717) is 6.42 Å². The van der Waals surface area contributed by atoms with Crippen LogP contribution in [-0.2, 0) is 6.42 Å². The van der Waals surface area contributed by atoms with Crippen LogP contribution in [0.5, 0.6) is 0 Å². The van der Waals surface area contributed by atoms with Gasteiger partial charge in [-0.2, -0.15) is 0 Å². The molecule has 1 rings (SSSR count). The number of Topliss-reactive ketones (excluding diaryl/α,β-unsaturated/α-hetero) is 1. The fraction of sp³-hybridized carbons (Fsp3) is 0.769. The number of ketones is 1. The first-order chi connectivity index (χ1) is 8.29. The molecule has 0 atom stereocenters. The van der Waals surface area contributed by atoms with Crippen molar-refractivity contribution in [3.63, 3.8) is 0 Å². The first-order valence-corrected chi connectivity index (χ1v) is 7.41. The van der Waals surface area contributed by atoms with Gasteiger partial charge in [0.2, 0.25) is 0 Å². The molecule has 0 saturated carbocycles. The molecule has 0 bridgehead atoms. The van der Waals surface area contributed by atoms with Crippen molar-refractivity contribution in [3.8, 4) is 0 Å². The Bertz CT molecular complexity index is 336. The van der Waals surface area contributed by atoms with Crippen LogP contribution in [-0.4, -0.2) is 15.4 Å². The summed E-state index contributed by atoms with van der Waals surface area (Å²) in [6.45, 7) is 4.23. The molecule has 1 aromatic heterocycles. The second-order valence-electron chi connectivity index (χ2n) is 4.34. The van der Waals surface area contributed by atoms with E-state index < -0.39 is 0 Å². The molecule has 0 radical (unpaired) electrons. The van der Waals surface area contributed by atoms with Crippen LogP contribution in [0.1, 0.15) is 74.2 Å². The molecule has 0 aliphatic rings. The Balaban J connectivity index is 2.21. The van der Waals surface area contributed by atoms with Crippen molar-refractivity contribution in [2.45, 2.75) is 65.2 Å². The Hall–Kier alpha value is -0.770. The van der Waals surface area contributed by atoms with Crippen molar-refractivity contribution in [2.75, 3.05) is 0 Å². The first-order valence-electron chi connectivity index (χ1n) is 6.64. The van der Waals surface area contributed by atoms with Crippen molar-refractivity contribution in [2.24, 2.45) is 0 Å². The monoisotopic (exact) mass is 254 g/mol. The zero-order valence-corrected chi connectivity index (χ0v) is 11.7. The van der Waals surface area contributed by atoms with Crippen molar-refractivity contribution in [1.29, 1.82) is 0 Å². The summed E-state index contributed by atoms with van der Waals surface area (Å²) in [5.74, 6) is 0.229. The van der Waals surface area contributed by atoms with Gasteiger partial charge in [-0.3, -0.25) is 4.79 Å². The smallest absolute Gasteiger partial charge is 0.176 e. The molecule has 0 N–H and O–H groups in total. The Labute approximate surface area is 108 Å². The lowest BCUT2D eigenvalue weighted by molar-refractivity contribution is 0.0982. The van der Waals surface area contributed by atoms with E-state index in [9.17, 15) is 4.79 Å². The molecule has 0 spiro atoms. The van der Waals surface area contributed by atoms with Crippen LogP contribution < -0.4 is 0 Å². The van der Waals surface area contributed by atoms with Crippen molar-refractivity contribution in [3.05, 3.63) is 10.6 Å². The lowest BCUT2D eigenvalue weighted by Crippen LogP contribution is -2.00. The third-order valence-corrected chi connectivity index (χ3v) is 3.71. The topological polar surface area (TPSA) is 42.9 Å². The molecule has 1 aromatic rings. The Morgan fingerprint density at radius 2 is 1.82 bits per heavy atom. The summed E-state index contributed by atoms with van der Waals surface area (Å²) >= 11 is 1.24. The molecule has 3 nitrogen and oxygen atoms in total. The van der Waals surface area contributed by atoms with Crippen molar-refractivity contribution < 1.29 is 4.79 Å². The van der Waals surface area contributed by atoms with E-state index in [1.54, 1.807) is 0 Å². The van der Waals surface area contributed by atoms with Gasteiger partial charge in [0, 0.05) is 6.42 Å². The number of carbonyl (C=O) groups is 1. The minimum absolute atomic E-state index is 0.229. The van der Waals surface area contributed by atoms with Crippen LogP contribution in [0.25, 0.3) is 0 Å². The van der Waals surface area contributed by atoms with Crippen LogP contribution in [0.15, 0.2) is 0 Å². The van der Waals surface area contributed by atoms with Gasteiger partial charge < -0.3 is 0 Å². The summed E-state index contributed by atoms with van der Waals surface area (Å²) in [5, 5.41) is 3.97. The highest BCUT2D eigenvalue weighted by Gasteiger charge is 2.13. The molecule has 1 heterocycles. The maximum absolute atomic E-state index is 11.9. The molecule has 4 heteroatoms. The molecule has 0 unspecified atom stereocenters. The van der Waals surface area contributed by atoms with E-state index in [2.05, 4.69) is 16.5 Å². The van der Waals surface area contributed by atoms with Crippen LogP contribution in [0.4, 0.5) is 0 Å². The SMILES string of the molecule is CCCCCCCCC(=O)c1snnc1CC. The molecular weight excluding hydrogens is 232 g/mol. The molecule has 96 valence electrons. The van der Waals surface area contributed by atoms with Gasteiger partial charge in [-0.25, -0.2) is 0 Å². The summed E-state index contributed by atoms with van der Waals surface area (Å²) in [6.07, 6.45) is 8.76. The minimum atomic E-state index is 0.229. The number of hydrogen-bond acceptors (Lipinski definition) is 4. The van der Waals surface area contributed by atoms with E-state index in [4.69, 9.17) is 0 Å². The summed E-state index contributed by atoms with van der Waals surface area (Å²) in [7, 11) is 0. The van der Waals surface area contributed by atoms with Crippen molar-refractivity contribution >= 4 is 17.3 Å². The summed E-state index contributed by atoms with van der Waals surface area (Å²) in [4.78, 5) is 12.7.